The van der Waals surface area contributed by atoms with Crippen LogP contribution in [0.1, 0.15) is 21.5 Å². The van der Waals surface area contributed by atoms with Crippen molar-refractivity contribution >= 4 is 23.1 Å². The van der Waals surface area contributed by atoms with E-state index in [1.807, 2.05) is 0 Å². The van der Waals surface area contributed by atoms with E-state index in [9.17, 15) is 25.1 Å². The molecule has 0 radical (unpaired) electrons. The quantitative estimate of drug-likeness (QED) is 0.609. The third-order valence-electron chi connectivity index (χ3n) is 4.23. The van der Waals surface area contributed by atoms with Crippen LogP contribution in [0.25, 0.3) is 0 Å². The minimum atomic E-state index is -2.57. The molecule has 0 fully saturated rings. The first-order chi connectivity index (χ1) is 10.8. The molecule has 23 heavy (non-hydrogen) atoms. The SMILES string of the molecule is O=C1c2cccc([N+](=O)[O-])c2C2(O)Oc3cc(Cl)ccc3C12O. The summed E-state index contributed by atoms with van der Waals surface area (Å²) in [5, 5.41) is 33.4. The third kappa shape index (κ3) is 1.44. The molecule has 2 aromatic rings. The van der Waals surface area contributed by atoms with Crippen LogP contribution in [0, 0.1) is 10.1 Å². The first-order valence-corrected chi connectivity index (χ1v) is 6.95. The molecule has 4 rings (SSSR count). The summed E-state index contributed by atoms with van der Waals surface area (Å²) in [6, 6.07) is 7.86. The first kappa shape index (κ1) is 14.1. The predicted octanol–water partition coefficient (Wildman–Crippen LogP) is 1.87. The van der Waals surface area contributed by atoms with Gasteiger partial charge in [-0.2, -0.15) is 0 Å². The summed E-state index contributed by atoms with van der Waals surface area (Å²) < 4.78 is 5.39. The molecule has 8 heteroatoms. The second-order valence-corrected chi connectivity index (χ2v) is 5.82. The van der Waals surface area contributed by atoms with Crippen molar-refractivity contribution in [2.75, 3.05) is 0 Å². The number of ketones is 1. The average Bonchev–Trinajstić information content (AvgIpc) is 2.83. The van der Waals surface area contributed by atoms with Gasteiger partial charge in [0.1, 0.15) is 11.3 Å². The summed E-state index contributed by atoms with van der Waals surface area (Å²) in [4.78, 5) is 23.2. The zero-order chi connectivity index (χ0) is 16.6. The molecule has 0 bridgehead atoms. The highest BCUT2D eigenvalue weighted by molar-refractivity contribution is 6.30. The van der Waals surface area contributed by atoms with Gasteiger partial charge in [-0.15, -0.1) is 0 Å². The fourth-order valence-electron chi connectivity index (χ4n) is 3.24. The molecule has 2 aromatic carbocycles. The molecule has 2 unspecified atom stereocenters. The van der Waals surface area contributed by atoms with Crippen molar-refractivity contribution in [1.82, 2.24) is 0 Å². The van der Waals surface area contributed by atoms with Gasteiger partial charge in [-0.3, -0.25) is 14.9 Å². The molecule has 1 aliphatic heterocycles. The zero-order valence-electron chi connectivity index (χ0n) is 11.3. The first-order valence-electron chi connectivity index (χ1n) is 6.57. The number of aliphatic hydroxyl groups is 2. The van der Waals surface area contributed by atoms with Gasteiger partial charge in [0, 0.05) is 22.2 Å². The second kappa shape index (κ2) is 4.08. The predicted molar refractivity (Wildman–Crippen MR) is 77.3 cm³/mol. The highest BCUT2D eigenvalue weighted by Crippen LogP contribution is 2.59. The summed E-state index contributed by atoms with van der Waals surface area (Å²) in [5.41, 5.74) is -3.45. The Kier molecular flexibility index (Phi) is 2.51. The maximum Gasteiger partial charge on any atom is 0.283 e. The molecular formula is C15H8ClNO6. The van der Waals surface area contributed by atoms with E-state index in [4.69, 9.17) is 16.3 Å². The maximum absolute atomic E-state index is 12.7. The van der Waals surface area contributed by atoms with Crippen molar-refractivity contribution in [3.8, 4) is 5.75 Å². The van der Waals surface area contributed by atoms with Gasteiger partial charge in [-0.25, -0.2) is 0 Å². The smallest absolute Gasteiger partial charge is 0.283 e. The standard InChI is InChI=1S/C15H8ClNO6/c16-7-4-5-9-11(6-7)23-15(20)12-8(13(18)14(9,15)19)2-1-3-10(12)17(21)22/h1-6,19-20H. The van der Waals surface area contributed by atoms with Crippen LogP contribution < -0.4 is 4.74 Å². The lowest BCUT2D eigenvalue weighted by atomic mass is 9.87. The van der Waals surface area contributed by atoms with Gasteiger partial charge >= 0.3 is 0 Å². The van der Waals surface area contributed by atoms with E-state index in [2.05, 4.69) is 0 Å². The second-order valence-electron chi connectivity index (χ2n) is 5.38. The number of hydrogen-bond donors (Lipinski definition) is 2. The van der Waals surface area contributed by atoms with Crippen LogP contribution in [0.3, 0.4) is 0 Å². The number of carbonyl (C=O) groups is 1. The maximum atomic E-state index is 12.7. The van der Waals surface area contributed by atoms with Crippen LogP contribution in [0.2, 0.25) is 5.02 Å². The van der Waals surface area contributed by atoms with Gasteiger partial charge < -0.3 is 14.9 Å². The minimum absolute atomic E-state index is 0.000323. The van der Waals surface area contributed by atoms with Crippen LogP contribution in [0.15, 0.2) is 36.4 Å². The number of nitro benzene ring substituents is 1. The lowest BCUT2D eigenvalue weighted by Gasteiger charge is -2.28. The van der Waals surface area contributed by atoms with E-state index < -0.39 is 27.8 Å². The average molecular weight is 334 g/mol. The number of nitrogens with zero attached hydrogens (tertiary/aromatic N) is 1. The van der Waals surface area contributed by atoms with Gasteiger partial charge in [-0.05, 0) is 12.1 Å². The monoisotopic (exact) mass is 333 g/mol. The summed E-state index contributed by atoms with van der Waals surface area (Å²) in [5.74, 6) is -3.43. The zero-order valence-corrected chi connectivity index (χ0v) is 12.1. The molecule has 1 aliphatic carbocycles. The van der Waals surface area contributed by atoms with Crippen molar-refractivity contribution in [1.29, 1.82) is 0 Å². The van der Waals surface area contributed by atoms with E-state index in [-0.39, 0.29) is 27.5 Å². The van der Waals surface area contributed by atoms with Gasteiger partial charge in [0.25, 0.3) is 11.5 Å². The van der Waals surface area contributed by atoms with Gasteiger partial charge in [-0.1, -0.05) is 29.8 Å². The molecule has 0 spiro atoms. The van der Waals surface area contributed by atoms with E-state index in [1.54, 1.807) is 0 Å². The summed E-state index contributed by atoms with van der Waals surface area (Å²) >= 11 is 5.85. The highest BCUT2D eigenvalue weighted by atomic mass is 35.5. The number of nitro groups is 1. The highest BCUT2D eigenvalue weighted by Gasteiger charge is 2.72. The number of carbonyl (C=O) groups excluding carboxylic acids is 1. The molecule has 116 valence electrons. The topological polar surface area (TPSA) is 110 Å². The Hall–Kier alpha value is -2.48. The van der Waals surface area contributed by atoms with Crippen molar-refractivity contribution in [2.45, 2.75) is 11.4 Å². The van der Waals surface area contributed by atoms with Gasteiger partial charge in [0.15, 0.2) is 0 Å². The normalized spacial score (nSPS) is 27.2. The molecule has 0 saturated carbocycles. The van der Waals surface area contributed by atoms with E-state index >= 15 is 0 Å². The van der Waals surface area contributed by atoms with Crippen LogP contribution >= 0.6 is 11.6 Å². The number of hydrogen-bond acceptors (Lipinski definition) is 6. The van der Waals surface area contributed by atoms with Gasteiger partial charge in [0.2, 0.25) is 11.4 Å². The Morgan fingerprint density at radius 3 is 2.65 bits per heavy atom. The fourth-order valence-corrected chi connectivity index (χ4v) is 3.40. The van der Waals surface area contributed by atoms with Crippen molar-refractivity contribution < 1.29 is 24.7 Å². The lowest BCUT2D eigenvalue weighted by molar-refractivity contribution is -0.388. The number of fused-ring (bicyclic) bond motifs is 5. The number of benzene rings is 2. The minimum Gasteiger partial charge on any atom is -0.453 e. The largest absolute Gasteiger partial charge is 0.453 e. The van der Waals surface area contributed by atoms with Gasteiger partial charge in [0.05, 0.1) is 4.92 Å². The molecule has 0 aromatic heterocycles. The molecule has 2 N–H and O–H groups in total. The molecule has 0 saturated heterocycles. The van der Waals surface area contributed by atoms with Crippen molar-refractivity contribution in [3.63, 3.8) is 0 Å². The number of halogens is 1. The lowest BCUT2D eigenvalue weighted by Crippen LogP contribution is -2.48. The number of Topliss-reactive ketones (excluding diaryl/α,β-unsaturated/α-hetero) is 1. The molecule has 2 atom stereocenters. The Morgan fingerprint density at radius 1 is 1.22 bits per heavy atom. The van der Waals surface area contributed by atoms with E-state index in [1.165, 1.54) is 30.3 Å². The van der Waals surface area contributed by atoms with Crippen LogP contribution in [0.5, 0.6) is 5.75 Å². The molecule has 0 amide bonds. The fraction of sp³-hybridized carbons (Fsp3) is 0.133. The Labute approximate surface area is 133 Å². The van der Waals surface area contributed by atoms with Crippen molar-refractivity contribution in [3.05, 3.63) is 68.2 Å². The Bertz CT molecular complexity index is 913. The molecular weight excluding hydrogens is 326 g/mol. The van der Waals surface area contributed by atoms with Crippen LogP contribution in [0.4, 0.5) is 5.69 Å². The number of rotatable bonds is 1. The molecule has 7 nitrogen and oxygen atoms in total. The van der Waals surface area contributed by atoms with Crippen LogP contribution in [-0.2, 0) is 11.4 Å². The van der Waals surface area contributed by atoms with Crippen LogP contribution in [-0.4, -0.2) is 20.9 Å². The summed E-state index contributed by atoms with van der Waals surface area (Å²) in [6.45, 7) is 0. The summed E-state index contributed by atoms with van der Waals surface area (Å²) in [6.07, 6.45) is 0. The Morgan fingerprint density at radius 2 is 1.96 bits per heavy atom. The van der Waals surface area contributed by atoms with E-state index in [0.717, 1.165) is 6.07 Å². The molecule has 1 heterocycles. The van der Waals surface area contributed by atoms with Crippen molar-refractivity contribution in [2.24, 2.45) is 0 Å². The Balaban J connectivity index is 2.07. The third-order valence-corrected chi connectivity index (χ3v) is 4.47. The summed E-state index contributed by atoms with van der Waals surface area (Å²) in [7, 11) is 0. The molecule has 2 aliphatic rings. The number of ether oxygens (including phenoxy) is 1. The van der Waals surface area contributed by atoms with E-state index in [0.29, 0.717) is 0 Å².